The van der Waals surface area contributed by atoms with Crippen molar-refractivity contribution in [1.29, 1.82) is 0 Å². The molecule has 1 aliphatic rings. The molecular formula is C18H23NO4S. The van der Waals surface area contributed by atoms with Crippen LogP contribution in [0.2, 0.25) is 0 Å². The monoisotopic (exact) mass is 349 g/mol. The van der Waals surface area contributed by atoms with Crippen LogP contribution < -0.4 is 0 Å². The van der Waals surface area contributed by atoms with Gasteiger partial charge in [0, 0.05) is 12.6 Å². The van der Waals surface area contributed by atoms with Crippen LogP contribution in [0.3, 0.4) is 0 Å². The number of hydrogen-bond donors (Lipinski definition) is 1. The lowest BCUT2D eigenvalue weighted by Gasteiger charge is -2.41. The van der Waals surface area contributed by atoms with Crippen LogP contribution in [-0.2, 0) is 9.59 Å². The van der Waals surface area contributed by atoms with E-state index in [4.69, 9.17) is 0 Å². The van der Waals surface area contributed by atoms with Gasteiger partial charge in [-0.25, -0.2) is 4.79 Å². The number of carbonyl (C=O) groups excluding carboxylic acids is 2. The third-order valence-electron chi connectivity index (χ3n) is 4.65. The number of ketones is 1. The standard InChI is InChI=1S/C18H23NO4S/c1-19(18(17(22)23)10-6-3-7-11-18)16(21)13-24-12-15(20)14-8-4-2-5-9-14/h2,4-5,8-9H,3,6-7,10-13H2,1H3,(H,22,23). The Hall–Kier alpha value is -1.82. The summed E-state index contributed by atoms with van der Waals surface area (Å²) in [6.45, 7) is 0. The number of likely N-dealkylation sites (N-methyl/N-ethyl adjacent to an activating group) is 1. The molecule has 1 aliphatic carbocycles. The molecule has 6 heteroatoms. The quantitative estimate of drug-likeness (QED) is 0.766. The van der Waals surface area contributed by atoms with Crippen molar-refractivity contribution >= 4 is 29.4 Å². The smallest absolute Gasteiger partial charge is 0.329 e. The summed E-state index contributed by atoms with van der Waals surface area (Å²) in [5, 5.41) is 9.62. The molecule has 1 amide bonds. The van der Waals surface area contributed by atoms with Crippen LogP contribution in [0.1, 0.15) is 42.5 Å². The predicted octanol–water partition coefficient (Wildman–Crippen LogP) is 2.85. The highest BCUT2D eigenvalue weighted by molar-refractivity contribution is 8.00. The lowest BCUT2D eigenvalue weighted by atomic mass is 9.80. The van der Waals surface area contributed by atoms with Crippen LogP contribution >= 0.6 is 11.8 Å². The maximum atomic E-state index is 12.4. The van der Waals surface area contributed by atoms with Crippen LogP contribution in [0.4, 0.5) is 0 Å². The van der Waals surface area contributed by atoms with E-state index in [9.17, 15) is 19.5 Å². The Balaban J connectivity index is 1.89. The third-order valence-corrected chi connectivity index (χ3v) is 5.57. The summed E-state index contributed by atoms with van der Waals surface area (Å²) in [7, 11) is 1.57. The van der Waals surface area contributed by atoms with E-state index in [1.54, 1.807) is 31.3 Å². The number of Topliss-reactive ketones (excluding diaryl/α,β-unsaturated/α-hetero) is 1. The summed E-state index contributed by atoms with van der Waals surface area (Å²) >= 11 is 1.23. The summed E-state index contributed by atoms with van der Waals surface area (Å²) in [6.07, 6.45) is 3.65. The number of hydrogen-bond acceptors (Lipinski definition) is 4. The molecule has 2 rings (SSSR count). The number of aliphatic carboxylic acids is 1. The van der Waals surface area contributed by atoms with Crippen LogP contribution in [0.15, 0.2) is 30.3 Å². The van der Waals surface area contributed by atoms with Crippen LogP contribution in [0.5, 0.6) is 0 Å². The molecule has 5 nitrogen and oxygen atoms in total. The summed E-state index contributed by atoms with van der Waals surface area (Å²) in [5.74, 6) is -0.858. The topological polar surface area (TPSA) is 74.7 Å². The fourth-order valence-electron chi connectivity index (χ4n) is 3.10. The Morgan fingerprint density at radius 1 is 1.08 bits per heavy atom. The van der Waals surface area contributed by atoms with Crippen molar-refractivity contribution in [2.75, 3.05) is 18.6 Å². The highest BCUT2D eigenvalue weighted by atomic mass is 32.2. The first-order chi connectivity index (χ1) is 11.5. The largest absolute Gasteiger partial charge is 0.479 e. The second-order valence-electron chi connectivity index (χ2n) is 6.13. The summed E-state index contributed by atoms with van der Waals surface area (Å²) in [6, 6.07) is 8.95. The number of amides is 1. The predicted molar refractivity (Wildman–Crippen MR) is 94.3 cm³/mol. The van der Waals surface area contributed by atoms with E-state index in [0.717, 1.165) is 19.3 Å². The number of carboxylic acids is 1. The fourth-order valence-corrected chi connectivity index (χ4v) is 3.93. The van der Waals surface area contributed by atoms with Gasteiger partial charge in [0.05, 0.1) is 11.5 Å². The number of benzene rings is 1. The van der Waals surface area contributed by atoms with Crippen LogP contribution in [0.25, 0.3) is 0 Å². The van der Waals surface area contributed by atoms with Crippen molar-refractivity contribution in [3.8, 4) is 0 Å². The Morgan fingerprint density at radius 2 is 1.71 bits per heavy atom. The van der Waals surface area contributed by atoms with Crippen LogP contribution in [0, 0.1) is 0 Å². The number of carbonyl (C=O) groups is 3. The molecular weight excluding hydrogens is 326 g/mol. The highest BCUT2D eigenvalue weighted by Gasteiger charge is 2.45. The Kier molecular flexibility index (Phi) is 6.43. The zero-order valence-corrected chi connectivity index (χ0v) is 14.7. The van der Waals surface area contributed by atoms with Gasteiger partial charge in [0.2, 0.25) is 5.91 Å². The first-order valence-corrected chi connectivity index (χ1v) is 9.29. The van der Waals surface area contributed by atoms with E-state index >= 15 is 0 Å². The number of nitrogens with zero attached hydrogens (tertiary/aromatic N) is 1. The summed E-state index contributed by atoms with van der Waals surface area (Å²) in [4.78, 5) is 37.5. The minimum atomic E-state index is -1.08. The third kappa shape index (κ3) is 4.17. The molecule has 0 spiro atoms. The Bertz CT molecular complexity index is 596. The van der Waals surface area contributed by atoms with Crippen molar-refractivity contribution in [2.45, 2.75) is 37.6 Å². The molecule has 0 radical (unpaired) electrons. The molecule has 0 atom stereocenters. The molecule has 1 saturated carbocycles. The number of carboxylic acid groups (broad SMARTS) is 1. The second-order valence-corrected chi connectivity index (χ2v) is 7.12. The molecule has 0 aromatic heterocycles. The van der Waals surface area contributed by atoms with Crippen molar-refractivity contribution < 1.29 is 19.5 Å². The molecule has 1 fully saturated rings. The fraction of sp³-hybridized carbons (Fsp3) is 0.500. The second kappa shape index (κ2) is 8.33. The lowest BCUT2D eigenvalue weighted by Crippen LogP contribution is -2.56. The van der Waals surface area contributed by atoms with Gasteiger partial charge in [-0.15, -0.1) is 11.8 Å². The van der Waals surface area contributed by atoms with Crippen LogP contribution in [-0.4, -0.2) is 51.8 Å². The number of thioether (sulfide) groups is 1. The molecule has 130 valence electrons. The van der Waals surface area contributed by atoms with Gasteiger partial charge in [-0.05, 0) is 12.8 Å². The van der Waals surface area contributed by atoms with Gasteiger partial charge in [0.15, 0.2) is 5.78 Å². The van der Waals surface area contributed by atoms with Gasteiger partial charge in [-0.1, -0.05) is 49.6 Å². The van der Waals surface area contributed by atoms with E-state index in [0.29, 0.717) is 18.4 Å². The van der Waals surface area contributed by atoms with Crippen molar-refractivity contribution in [3.63, 3.8) is 0 Å². The maximum absolute atomic E-state index is 12.4. The normalized spacial score (nSPS) is 16.4. The average Bonchev–Trinajstić information content (AvgIpc) is 2.62. The van der Waals surface area contributed by atoms with E-state index in [2.05, 4.69) is 0 Å². The SMILES string of the molecule is CN(C(=O)CSCC(=O)c1ccccc1)C1(C(=O)O)CCCCC1. The molecule has 1 N–H and O–H groups in total. The zero-order valence-electron chi connectivity index (χ0n) is 13.9. The average molecular weight is 349 g/mol. The van der Waals surface area contributed by atoms with Gasteiger partial charge in [-0.3, -0.25) is 9.59 Å². The first-order valence-electron chi connectivity index (χ1n) is 8.13. The Labute approximate surface area is 146 Å². The lowest BCUT2D eigenvalue weighted by molar-refractivity contribution is -0.159. The molecule has 24 heavy (non-hydrogen) atoms. The molecule has 0 aliphatic heterocycles. The van der Waals surface area contributed by atoms with Crippen molar-refractivity contribution in [3.05, 3.63) is 35.9 Å². The highest BCUT2D eigenvalue weighted by Crippen LogP contribution is 2.33. The van der Waals surface area contributed by atoms with Crippen molar-refractivity contribution in [1.82, 2.24) is 4.90 Å². The number of rotatable bonds is 7. The molecule has 0 heterocycles. The van der Waals surface area contributed by atoms with Gasteiger partial charge in [-0.2, -0.15) is 0 Å². The van der Waals surface area contributed by atoms with Gasteiger partial charge in [0.1, 0.15) is 5.54 Å². The minimum absolute atomic E-state index is 0.0262. The van der Waals surface area contributed by atoms with Gasteiger partial charge in [0.25, 0.3) is 0 Å². The van der Waals surface area contributed by atoms with E-state index in [1.807, 2.05) is 6.07 Å². The Morgan fingerprint density at radius 3 is 2.29 bits per heavy atom. The molecule has 0 unspecified atom stereocenters. The summed E-state index contributed by atoms with van der Waals surface area (Å²) < 4.78 is 0. The van der Waals surface area contributed by atoms with E-state index in [1.165, 1.54) is 16.7 Å². The minimum Gasteiger partial charge on any atom is -0.479 e. The molecule has 0 bridgehead atoms. The first kappa shape index (κ1) is 18.5. The zero-order chi connectivity index (χ0) is 17.6. The van der Waals surface area contributed by atoms with Gasteiger partial charge >= 0.3 is 5.97 Å². The van der Waals surface area contributed by atoms with E-state index < -0.39 is 11.5 Å². The molecule has 0 saturated heterocycles. The van der Waals surface area contributed by atoms with E-state index in [-0.39, 0.29) is 23.2 Å². The summed E-state index contributed by atoms with van der Waals surface area (Å²) in [5.41, 5.74) is -0.459. The molecule has 1 aromatic rings. The maximum Gasteiger partial charge on any atom is 0.329 e. The molecule has 1 aromatic carbocycles. The van der Waals surface area contributed by atoms with Gasteiger partial charge < -0.3 is 10.0 Å². The van der Waals surface area contributed by atoms with Crippen molar-refractivity contribution in [2.24, 2.45) is 0 Å².